The summed E-state index contributed by atoms with van der Waals surface area (Å²) in [5.74, 6) is 0.969. The zero-order chi connectivity index (χ0) is 12.4. The summed E-state index contributed by atoms with van der Waals surface area (Å²) in [7, 11) is 3.30. The van der Waals surface area contributed by atoms with Crippen LogP contribution >= 0.6 is 11.3 Å². The molecule has 2 rings (SSSR count). The Morgan fingerprint density at radius 2 is 2.24 bits per heavy atom. The lowest BCUT2D eigenvalue weighted by Gasteiger charge is -2.18. The van der Waals surface area contributed by atoms with Crippen LogP contribution in [0.2, 0.25) is 0 Å². The number of hydrogen-bond donors (Lipinski definition) is 1. The fraction of sp³-hybridized carbons (Fsp3) is 0.400. The predicted octanol–water partition coefficient (Wildman–Crippen LogP) is 2.43. The van der Waals surface area contributed by atoms with Gasteiger partial charge in [-0.3, -0.25) is 0 Å². The molecule has 0 aliphatic carbocycles. The summed E-state index contributed by atoms with van der Waals surface area (Å²) in [6, 6.07) is 1.84. The molecule has 0 aromatic carbocycles. The predicted molar refractivity (Wildman–Crippen MR) is 66.2 cm³/mol. The van der Waals surface area contributed by atoms with Crippen molar-refractivity contribution >= 4 is 33.3 Å². The minimum atomic E-state index is -2.39. The van der Waals surface area contributed by atoms with Crippen LogP contribution in [0.3, 0.4) is 0 Å². The minimum Gasteiger partial charge on any atom is -0.357 e. The average Bonchev–Trinajstić information content (AvgIpc) is 2.74. The first kappa shape index (κ1) is 12.0. The summed E-state index contributed by atoms with van der Waals surface area (Å²) < 4.78 is 24.8. The van der Waals surface area contributed by atoms with Crippen LogP contribution in [0.25, 0.3) is 10.2 Å². The Kier molecular flexibility index (Phi) is 3.37. The quantitative estimate of drug-likeness (QED) is 0.914. The molecule has 0 bridgehead atoms. The van der Waals surface area contributed by atoms with E-state index >= 15 is 0 Å². The van der Waals surface area contributed by atoms with E-state index in [4.69, 9.17) is 0 Å². The summed E-state index contributed by atoms with van der Waals surface area (Å²) >= 11 is 1.46. The largest absolute Gasteiger partial charge is 0.357 e. The summed E-state index contributed by atoms with van der Waals surface area (Å²) in [6.45, 7) is -0.342. The zero-order valence-corrected chi connectivity index (χ0v) is 10.3. The lowest BCUT2D eigenvalue weighted by molar-refractivity contribution is 0.156. The van der Waals surface area contributed by atoms with Crippen LogP contribution in [0, 0.1) is 0 Å². The van der Waals surface area contributed by atoms with Gasteiger partial charge in [0.1, 0.15) is 10.6 Å². The van der Waals surface area contributed by atoms with Gasteiger partial charge < -0.3 is 10.2 Å². The molecule has 0 aliphatic rings. The zero-order valence-electron chi connectivity index (χ0n) is 9.44. The number of nitrogens with zero attached hydrogens (tertiary/aromatic N) is 3. The molecule has 92 valence electrons. The van der Waals surface area contributed by atoms with E-state index in [1.54, 1.807) is 14.1 Å². The lowest BCUT2D eigenvalue weighted by atomic mass is 10.3. The monoisotopic (exact) mass is 258 g/mol. The van der Waals surface area contributed by atoms with Crippen molar-refractivity contribution in [2.75, 3.05) is 30.9 Å². The van der Waals surface area contributed by atoms with E-state index < -0.39 is 6.43 Å². The van der Waals surface area contributed by atoms with Crippen molar-refractivity contribution in [2.24, 2.45) is 0 Å². The average molecular weight is 258 g/mol. The second-order valence-corrected chi connectivity index (χ2v) is 4.43. The van der Waals surface area contributed by atoms with Crippen molar-refractivity contribution < 1.29 is 8.78 Å². The highest BCUT2D eigenvalue weighted by Crippen LogP contribution is 2.28. The molecule has 0 saturated carbocycles. The van der Waals surface area contributed by atoms with E-state index in [9.17, 15) is 8.78 Å². The van der Waals surface area contributed by atoms with Gasteiger partial charge in [0.15, 0.2) is 0 Å². The van der Waals surface area contributed by atoms with Gasteiger partial charge in [-0.1, -0.05) is 0 Å². The van der Waals surface area contributed by atoms with Crippen molar-refractivity contribution in [2.45, 2.75) is 6.43 Å². The van der Waals surface area contributed by atoms with Crippen LogP contribution < -0.4 is 10.2 Å². The molecule has 2 aromatic heterocycles. The van der Waals surface area contributed by atoms with Gasteiger partial charge in [-0.15, -0.1) is 11.3 Å². The van der Waals surface area contributed by atoms with Crippen LogP contribution in [0.15, 0.2) is 11.4 Å². The highest BCUT2D eigenvalue weighted by atomic mass is 32.1. The first-order valence-electron chi connectivity index (χ1n) is 5.04. The van der Waals surface area contributed by atoms with E-state index in [2.05, 4.69) is 15.3 Å². The van der Waals surface area contributed by atoms with Crippen LogP contribution in [0.5, 0.6) is 0 Å². The first-order chi connectivity index (χ1) is 8.11. The first-order valence-corrected chi connectivity index (χ1v) is 5.92. The topological polar surface area (TPSA) is 41.1 Å². The van der Waals surface area contributed by atoms with Gasteiger partial charge >= 0.3 is 0 Å². The fourth-order valence-electron chi connectivity index (χ4n) is 1.54. The Morgan fingerprint density at radius 3 is 2.88 bits per heavy atom. The highest BCUT2D eigenvalue weighted by molar-refractivity contribution is 7.16. The molecule has 0 fully saturated rings. The summed E-state index contributed by atoms with van der Waals surface area (Å²) in [5, 5.41) is 5.50. The van der Waals surface area contributed by atoms with Gasteiger partial charge in [-0.2, -0.15) is 4.98 Å². The molecular weight excluding hydrogens is 246 g/mol. The summed E-state index contributed by atoms with van der Waals surface area (Å²) in [6.07, 6.45) is -2.39. The maximum atomic E-state index is 12.4. The van der Waals surface area contributed by atoms with E-state index in [1.165, 1.54) is 16.2 Å². The van der Waals surface area contributed by atoms with E-state index in [-0.39, 0.29) is 6.54 Å². The Labute approximate surface area is 101 Å². The van der Waals surface area contributed by atoms with Crippen molar-refractivity contribution in [1.29, 1.82) is 0 Å². The van der Waals surface area contributed by atoms with Crippen LogP contribution in [0.4, 0.5) is 20.5 Å². The highest BCUT2D eigenvalue weighted by Gasteiger charge is 2.15. The smallest absolute Gasteiger partial charge is 0.255 e. The lowest BCUT2D eigenvalue weighted by Crippen LogP contribution is -2.25. The molecule has 0 atom stereocenters. The van der Waals surface area contributed by atoms with Gasteiger partial charge in [0.25, 0.3) is 6.43 Å². The van der Waals surface area contributed by atoms with Crippen LogP contribution in [-0.4, -0.2) is 37.0 Å². The molecule has 2 aromatic rings. The number of nitrogens with one attached hydrogen (secondary N) is 1. The maximum Gasteiger partial charge on any atom is 0.255 e. The Bertz CT molecular complexity index is 514. The van der Waals surface area contributed by atoms with Crippen molar-refractivity contribution in [3.8, 4) is 0 Å². The molecule has 0 radical (unpaired) electrons. The van der Waals surface area contributed by atoms with Gasteiger partial charge in [0.05, 0.1) is 11.9 Å². The second-order valence-electron chi connectivity index (χ2n) is 3.53. The minimum absolute atomic E-state index is 0.342. The molecule has 7 heteroatoms. The number of hydrogen-bond acceptors (Lipinski definition) is 5. The van der Waals surface area contributed by atoms with Crippen molar-refractivity contribution in [1.82, 2.24) is 9.97 Å². The molecule has 1 N–H and O–H groups in total. The molecule has 0 aliphatic heterocycles. The Hall–Kier alpha value is -1.50. The molecule has 4 nitrogen and oxygen atoms in total. The molecule has 0 spiro atoms. The van der Waals surface area contributed by atoms with Crippen LogP contribution in [0.1, 0.15) is 0 Å². The fourth-order valence-corrected chi connectivity index (χ4v) is 2.29. The van der Waals surface area contributed by atoms with Gasteiger partial charge in [-0.05, 0) is 11.4 Å². The number of alkyl halides is 2. The molecule has 17 heavy (non-hydrogen) atoms. The third-order valence-corrected chi connectivity index (χ3v) is 3.11. The second kappa shape index (κ2) is 4.79. The van der Waals surface area contributed by atoms with Crippen molar-refractivity contribution in [3.63, 3.8) is 0 Å². The third-order valence-electron chi connectivity index (χ3n) is 2.30. The van der Waals surface area contributed by atoms with Gasteiger partial charge in [0.2, 0.25) is 5.95 Å². The van der Waals surface area contributed by atoms with Crippen LogP contribution in [-0.2, 0) is 0 Å². The molecule has 0 amide bonds. The van der Waals surface area contributed by atoms with E-state index in [0.717, 1.165) is 10.2 Å². The maximum absolute atomic E-state index is 12.4. The summed E-state index contributed by atoms with van der Waals surface area (Å²) in [5.41, 5.74) is 0. The summed E-state index contributed by atoms with van der Waals surface area (Å²) in [4.78, 5) is 10.7. The number of anilines is 2. The van der Waals surface area contributed by atoms with Gasteiger partial charge in [0, 0.05) is 14.1 Å². The van der Waals surface area contributed by atoms with Crippen molar-refractivity contribution in [3.05, 3.63) is 11.4 Å². The number of aromatic nitrogens is 2. The Balaban J connectivity index is 2.46. The number of fused-ring (bicyclic) bond motifs is 1. The Morgan fingerprint density at radius 1 is 1.47 bits per heavy atom. The SMILES string of the molecule is CNc1nc(N(C)CC(F)F)c2ccsc2n1. The number of rotatable bonds is 4. The van der Waals surface area contributed by atoms with Gasteiger partial charge in [-0.25, -0.2) is 13.8 Å². The number of thiophene rings is 1. The molecular formula is C10H12F2N4S. The standard InChI is InChI=1S/C10H12F2N4S/c1-13-10-14-8(16(2)5-7(11)12)6-3-4-17-9(6)15-10/h3-4,7H,5H2,1-2H3,(H,13,14,15). The number of halogens is 2. The third kappa shape index (κ3) is 2.44. The molecule has 0 saturated heterocycles. The van der Waals surface area contributed by atoms with E-state index in [0.29, 0.717) is 11.8 Å². The normalized spacial score (nSPS) is 11.1. The van der Waals surface area contributed by atoms with E-state index in [1.807, 2.05) is 11.4 Å². The molecule has 0 unspecified atom stereocenters. The molecule has 2 heterocycles.